The Labute approximate surface area is 122 Å². The molecule has 1 saturated carbocycles. The fourth-order valence-corrected chi connectivity index (χ4v) is 3.40. The molecule has 0 aliphatic heterocycles. The maximum absolute atomic E-state index is 10.8. The summed E-state index contributed by atoms with van der Waals surface area (Å²) in [5, 5.41) is 10.8. The van der Waals surface area contributed by atoms with Crippen LogP contribution >= 0.6 is 0 Å². The van der Waals surface area contributed by atoms with Crippen LogP contribution in [0.5, 0.6) is 5.75 Å². The summed E-state index contributed by atoms with van der Waals surface area (Å²) >= 11 is 0. The first-order chi connectivity index (χ1) is 9.77. The fourth-order valence-electron chi connectivity index (χ4n) is 3.40. The van der Waals surface area contributed by atoms with Crippen molar-refractivity contribution in [3.63, 3.8) is 0 Å². The van der Waals surface area contributed by atoms with Crippen molar-refractivity contribution in [1.82, 2.24) is 0 Å². The van der Waals surface area contributed by atoms with Gasteiger partial charge in [0.1, 0.15) is 5.75 Å². The summed E-state index contributed by atoms with van der Waals surface area (Å²) in [5.74, 6) is 1.17. The molecule has 3 N–H and O–H groups in total. The van der Waals surface area contributed by atoms with E-state index in [9.17, 15) is 5.11 Å². The number of nitrogens with two attached hydrogens (primary N) is 1. The van der Waals surface area contributed by atoms with Gasteiger partial charge in [0, 0.05) is 18.0 Å². The van der Waals surface area contributed by atoms with Gasteiger partial charge in [0.05, 0.1) is 13.2 Å². The molecule has 0 saturated heterocycles. The number of ether oxygens (including phenoxy) is 1. The third-order valence-corrected chi connectivity index (χ3v) is 4.59. The van der Waals surface area contributed by atoms with E-state index in [1.54, 1.807) is 7.11 Å². The summed E-state index contributed by atoms with van der Waals surface area (Å²) in [6.07, 6.45) is 6.92. The number of hydrogen-bond donors (Lipinski definition) is 2. The Morgan fingerprint density at radius 2 is 1.85 bits per heavy atom. The lowest BCUT2D eigenvalue weighted by Crippen LogP contribution is -2.32. The lowest BCUT2D eigenvalue weighted by molar-refractivity contribution is 0.0733. The highest BCUT2D eigenvalue weighted by Gasteiger charge is 2.30. The molecule has 0 spiro atoms. The van der Waals surface area contributed by atoms with Crippen molar-refractivity contribution in [3.8, 4) is 5.75 Å². The van der Waals surface area contributed by atoms with E-state index in [2.05, 4.69) is 0 Å². The van der Waals surface area contributed by atoms with Crippen LogP contribution in [0, 0.1) is 5.92 Å². The highest BCUT2D eigenvalue weighted by Crippen LogP contribution is 2.35. The van der Waals surface area contributed by atoms with Gasteiger partial charge in [-0.3, -0.25) is 0 Å². The van der Waals surface area contributed by atoms with Gasteiger partial charge < -0.3 is 15.6 Å². The van der Waals surface area contributed by atoms with Gasteiger partial charge in [-0.25, -0.2) is 0 Å². The Kier molecular flexibility index (Phi) is 5.86. The Morgan fingerprint density at radius 1 is 1.20 bits per heavy atom. The second kappa shape index (κ2) is 7.65. The summed E-state index contributed by atoms with van der Waals surface area (Å²) < 4.78 is 5.42. The zero-order valence-electron chi connectivity index (χ0n) is 12.4. The number of para-hydroxylation sites is 1. The van der Waals surface area contributed by atoms with Crippen molar-refractivity contribution in [3.05, 3.63) is 29.8 Å². The largest absolute Gasteiger partial charge is 0.496 e. The number of aliphatic hydroxyl groups is 1. The van der Waals surface area contributed by atoms with E-state index >= 15 is 0 Å². The van der Waals surface area contributed by atoms with Crippen molar-refractivity contribution in [1.29, 1.82) is 0 Å². The zero-order chi connectivity index (χ0) is 14.4. The molecule has 2 atom stereocenters. The smallest absolute Gasteiger partial charge is 0.122 e. The summed E-state index contributed by atoms with van der Waals surface area (Å²) in [4.78, 5) is 0. The predicted molar refractivity (Wildman–Crippen MR) is 82.0 cm³/mol. The normalized spacial score (nSPS) is 20.1. The van der Waals surface area contributed by atoms with Crippen LogP contribution in [0.15, 0.2) is 24.3 Å². The van der Waals surface area contributed by atoms with Gasteiger partial charge in [-0.1, -0.05) is 43.9 Å². The molecule has 0 radical (unpaired) electrons. The Balaban J connectivity index is 2.17. The summed E-state index contributed by atoms with van der Waals surface area (Å²) in [5.41, 5.74) is 7.00. The lowest BCUT2D eigenvalue weighted by Gasteiger charge is -2.29. The zero-order valence-corrected chi connectivity index (χ0v) is 12.4. The summed E-state index contributed by atoms with van der Waals surface area (Å²) in [6.45, 7) is 0.456. The quantitative estimate of drug-likeness (QED) is 0.813. The number of aliphatic hydroxyl groups excluding tert-OH is 1. The summed E-state index contributed by atoms with van der Waals surface area (Å²) in [7, 11) is 1.67. The number of benzene rings is 1. The van der Waals surface area contributed by atoms with Crippen molar-refractivity contribution in [2.45, 2.75) is 50.5 Å². The van der Waals surface area contributed by atoms with Crippen LogP contribution in [0.3, 0.4) is 0 Å². The van der Waals surface area contributed by atoms with Crippen LogP contribution in [0.1, 0.15) is 50.0 Å². The van der Waals surface area contributed by atoms with Gasteiger partial charge in [-0.2, -0.15) is 0 Å². The molecule has 1 aliphatic rings. The predicted octanol–water partition coefficient (Wildman–Crippen LogP) is 3.07. The SMILES string of the molecule is COc1ccccc1C(CN)C(O)C1CCCCCC1. The van der Waals surface area contributed by atoms with Crippen LogP contribution < -0.4 is 10.5 Å². The number of hydrogen-bond acceptors (Lipinski definition) is 3. The standard InChI is InChI=1S/C17H27NO2/c1-20-16-11-7-6-10-14(16)15(12-18)17(19)13-8-4-2-3-5-9-13/h6-7,10-11,13,15,17,19H,2-5,8-9,12,18H2,1H3. The van der Waals surface area contributed by atoms with Gasteiger partial charge in [0.25, 0.3) is 0 Å². The molecule has 1 fully saturated rings. The van der Waals surface area contributed by atoms with E-state index in [1.165, 1.54) is 25.7 Å². The van der Waals surface area contributed by atoms with E-state index in [-0.39, 0.29) is 12.0 Å². The molecule has 0 aromatic heterocycles. The Morgan fingerprint density at radius 3 is 2.45 bits per heavy atom. The van der Waals surface area contributed by atoms with Gasteiger partial charge in [0.2, 0.25) is 0 Å². The first-order valence-corrected chi connectivity index (χ1v) is 7.79. The first kappa shape index (κ1) is 15.3. The van der Waals surface area contributed by atoms with Crippen LogP contribution in [-0.4, -0.2) is 24.9 Å². The molecule has 112 valence electrons. The molecule has 0 bridgehead atoms. The van der Waals surface area contributed by atoms with E-state index in [0.717, 1.165) is 24.2 Å². The van der Waals surface area contributed by atoms with E-state index in [0.29, 0.717) is 12.5 Å². The van der Waals surface area contributed by atoms with Crippen molar-refractivity contribution < 1.29 is 9.84 Å². The van der Waals surface area contributed by atoms with Gasteiger partial charge in [0.15, 0.2) is 0 Å². The van der Waals surface area contributed by atoms with Crippen molar-refractivity contribution in [2.24, 2.45) is 11.7 Å². The Hall–Kier alpha value is -1.06. The van der Waals surface area contributed by atoms with Crippen LogP contribution in [0.2, 0.25) is 0 Å². The molecular formula is C17H27NO2. The molecule has 20 heavy (non-hydrogen) atoms. The molecular weight excluding hydrogens is 250 g/mol. The molecule has 3 heteroatoms. The minimum Gasteiger partial charge on any atom is -0.496 e. The van der Waals surface area contributed by atoms with Gasteiger partial charge in [-0.05, 0) is 24.8 Å². The molecule has 3 nitrogen and oxygen atoms in total. The lowest BCUT2D eigenvalue weighted by atomic mass is 9.82. The summed E-state index contributed by atoms with van der Waals surface area (Å²) in [6, 6.07) is 7.91. The van der Waals surface area contributed by atoms with Crippen LogP contribution in [0.4, 0.5) is 0 Å². The molecule has 1 aromatic rings. The second-order valence-corrected chi connectivity index (χ2v) is 5.83. The molecule has 1 aliphatic carbocycles. The highest BCUT2D eigenvalue weighted by atomic mass is 16.5. The topological polar surface area (TPSA) is 55.5 Å². The highest BCUT2D eigenvalue weighted by molar-refractivity contribution is 5.37. The van der Waals surface area contributed by atoms with Crippen LogP contribution in [0.25, 0.3) is 0 Å². The van der Waals surface area contributed by atoms with E-state index < -0.39 is 0 Å². The molecule has 0 heterocycles. The second-order valence-electron chi connectivity index (χ2n) is 5.83. The molecule has 1 aromatic carbocycles. The molecule has 0 amide bonds. The average Bonchev–Trinajstić information content (AvgIpc) is 2.77. The van der Waals surface area contributed by atoms with E-state index in [4.69, 9.17) is 10.5 Å². The average molecular weight is 277 g/mol. The number of rotatable bonds is 5. The Bertz CT molecular complexity index is 400. The minimum absolute atomic E-state index is 0.0331. The monoisotopic (exact) mass is 277 g/mol. The molecule has 2 rings (SSSR count). The maximum atomic E-state index is 10.8. The van der Waals surface area contributed by atoms with Crippen LogP contribution in [-0.2, 0) is 0 Å². The molecule has 2 unspecified atom stereocenters. The van der Waals surface area contributed by atoms with Crippen molar-refractivity contribution in [2.75, 3.05) is 13.7 Å². The van der Waals surface area contributed by atoms with Gasteiger partial charge >= 0.3 is 0 Å². The third-order valence-electron chi connectivity index (χ3n) is 4.59. The third kappa shape index (κ3) is 3.53. The van der Waals surface area contributed by atoms with Crippen molar-refractivity contribution >= 4 is 0 Å². The fraction of sp³-hybridized carbons (Fsp3) is 0.647. The minimum atomic E-state index is -0.366. The first-order valence-electron chi connectivity index (χ1n) is 7.79. The number of methoxy groups -OCH3 is 1. The van der Waals surface area contributed by atoms with Gasteiger partial charge in [-0.15, -0.1) is 0 Å². The van der Waals surface area contributed by atoms with E-state index in [1.807, 2.05) is 24.3 Å². The maximum Gasteiger partial charge on any atom is 0.122 e.